The van der Waals surface area contributed by atoms with Crippen LogP contribution in [0.25, 0.3) is 0 Å². The second-order valence-electron chi connectivity index (χ2n) is 7.63. The zero-order valence-corrected chi connectivity index (χ0v) is 14.1. The molecule has 122 valence electrons. The van der Waals surface area contributed by atoms with Gasteiger partial charge in [0.15, 0.2) is 0 Å². The van der Waals surface area contributed by atoms with Crippen LogP contribution in [0.5, 0.6) is 0 Å². The third-order valence-electron chi connectivity index (χ3n) is 4.74. The van der Waals surface area contributed by atoms with Crippen molar-refractivity contribution < 1.29 is 14.4 Å². The van der Waals surface area contributed by atoms with Gasteiger partial charge in [0.25, 0.3) is 5.91 Å². The van der Waals surface area contributed by atoms with Crippen molar-refractivity contribution in [3.05, 3.63) is 0 Å². The number of amides is 1. The van der Waals surface area contributed by atoms with Crippen molar-refractivity contribution in [3.63, 3.8) is 0 Å². The second-order valence-corrected chi connectivity index (χ2v) is 7.63. The Hall–Kier alpha value is -0.650. The molecule has 1 N–H and O–H groups in total. The van der Waals surface area contributed by atoms with Gasteiger partial charge in [-0.15, -0.1) is 0 Å². The number of hydrogen-bond acceptors (Lipinski definition) is 4. The summed E-state index contributed by atoms with van der Waals surface area (Å²) in [5.41, 5.74) is -1.23. The molecule has 0 aromatic rings. The summed E-state index contributed by atoms with van der Waals surface area (Å²) in [5.74, 6) is 0.0454. The van der Waals surface area contributed by atoms with Crippen molar-refractivity contribution in [2.75, 3.05) is 20.3 Å². The fourth-order valence-electron chi connectivity index (χ4n) is 3.78. The van der Waals surface area contributed by atoms with Crippen LogP contribution in [-0.2, 0) is 14.4 Å². The highest BCUT2D eigenvalue weighted by molar-refractivity contribution is 5.85. The van der Waals surface area contributed by atoms with E-state index in [-0.39, 0.29) is 17.0 Å². The van der Waals surface area contributed by atoms with Gasteiger partial charge in [0.05, 0.1) is 24.8 Å². The fourth-order valence-corrected chi connectivity index (χ4v) is 3.78. The molecule has 5 heteroatoms. The molecular weight excluding hydrogens is 268 g/mol. The minimum atomic E-state index is -0.644. The topological polar surface area (TPSA) is 50.8 Å². The number of carbonyl (C=O) groups is 1. The SMILES string of the molecule is CON1C(C)(C)CNC(=O)C2(CCCCC2)OCC1(C)C. The molecule has 1 saturated carbocycles. The summed E-state index contributed by atoms with van der Waals surface area (Å²) >= 11 is 0. The molecule has 0 bridgehead atoms. The molecule has 1 heterocycles. The molecule has 1 saturated heterocycles. The van der Waals surface area contributed by atoms with E-state index in [9.17, 15) is 4.79 Å². The number of nitrogens with zero attached hydrogens (tertiary/aromatic N) is 1. The van der Waals surface area contributed by atoms with Gasteiger partial charge in [-0.3, -0.25) is 4.79 Å². The Bertz CT molecular complexity index is 387. The van der Waals surface area contributed by atoms with Crippen molar-refractivity contribution in [2.24, 2.45) is 0 Å². The first-order valence-electron chi connectivity index (χ1n) is 8.00. The Labute approximate surface area is 128 Å². The molecular formula is C16H30N2O3. The summed E-state index contributed by atoms with van der Waals surface area (Å²) in [6.45, 7) is 9.40. The average Bonchev–Trinajstić information content (AvgIpc) is 2.45. The Morgan fingerprint density at radius 2 is 1.71 bits per heavy atom. The van der Waals surface area contributed by atoms with Crippen LogP contribution in [0.4, 0.5) is 0 Å². The molecule has 0 atom stereocenters. The number of ether oxygens (including phenoxy) is 1. The van der Waals surface area contributed by atoms with Crippen molar-refractivity contribution in [2.45, 2.75) is 76.5 Å². The van der Waals surface area contributed by atoms with Gasteiger partial charge in [-0.05, 0) is 40.5 Å². The largest absolute Gasteiger partial charge is 0.363 e. The third kappa shape index (κ3) is 3.25. The van der Waals surface area contributed by atoms with E-state index >= 15 is 0 Å². The van der Waals surface area contributed by atoms with Gasteiger partial charge < -0.3 is 14.9 Å². The number of hydrogen-bond donors (Lipinski definition) is 1. The normalized spacial score (nSPS) is 29.3. The molecule has 0 radical (unpaired) electrons. The van der Waals surface area contributed by atoms with E-state index in [1.807, 2.05) is 5.06 Å². The van der Waals surface area contributed by atoms with Gasteiger partial charge in [-0.2, -0.15) is 5.06 Å². The van der Waals surface area contributed by atoms with Gasteiger partial charge in [0, 0.05) is 6.54 Å². The zero-order chi connectivity index (χ0) is 15.7. The smallest absolute Gasteiger partial charge is 0.252 e. The standard InChI is InChI=1S/C16H30N2O3/c1-14(2)11-17-13(19)16(9-7-6-8-10-16)21-12-15(3,4)18(14)20-5/h6-12H2,1-5H3,(H,17,19). The predicted molar refractivity (Wildman–Crippen MR) is 81.8 cm³/mol. The third-order valence-corrected chi connectivity index (χ3v) is 4.74. The monoisotopic (exact) mass is 298 g/mol. The first kappa shape index (κ1) is 16.7. The summed E-state index contributed by atoms with van der Waals surface area (Å²) in [7, 11) is 1.68. The molecule has 1 spiro atoms. The lowest BCUT2D eigenvalue weighted by Crippen LogP contribution is -2.59. The van der Waals surface area contributed by atoms with Crippen LogP contribution in [0.15, 0.2) is 0 Å². The second kappa shape index (κ2) is 5.86. The van der Waals surface area contributed by atoms with Crippen LogP contribution in [0.2, 0.25) is 0 Å². The van der Waals surface area contributed by atoms with Crippen molar-refractivity contribution in [3.8, 4) is 0 Å². The molecule has 0 unspecified atom stereocenters. The maximum absolute atomic E-state index is 12.7. The number of rotatable bonds is 1. The maximum Gasteiger partial charge on any atom is 0.252 e. The van der Waals surface area contributed by atoms with E-state index < -0.39 is 5.60 Å². The molecule has 21 heavy (non-hydrogen) atoms. The molecule has 2 fully saturated rings. The van der Waals surface area contributed by atoms with Crippen LogP contribution in [0.1, 0.15) is 59.8 Å². The molecule has 0 aromatic carbocycles. The molecule has 0 aromatic heterocycles. The summed E-state index contributed by atoms with van der Waals surface area (Å²) < 4.78 is 6.21. The lowest BCUT2D eigenvalue weighted by Gasteiger charge is -2.46. The van der Waals surface area contributed by atoms with Gasteiger partial charge in [-0.25, -0.2) is 0 Å². The van der Waals surface area contributed by atoms with Crippen LogP contribution in [0.3, 0.4) is 0 Å². The van der Waals surface area contributed by atoms with Crippen molar-refractivity contribution in [1.82, 2.24) is 10.4 Å². The highest BCUT2D eigenvalue weighted by Gasteiger charge is 2.47. The Kier molecular flexibility index (Phi) is 4.66. The molecule has 1 aliphatic carbocycles. The molecule has 2 rings (SSSR count). The van der Waals surface area contributed by atoms with Crippen LogP contribution >= 0.6 is 0 Å². The lowest BCUT2D eigenvalue weighted by atomic mass is 9.83. The van der Waals surface area contributed by atoms with E-state index in [1.54, 1.807) is 7.11 Å². The minimum absolute atomic E-state index is 0.0454. The molecule has 2 aliphatic rings. The van der Waals surface area contributed by atoms with E-state index in [2.05, 4.69) is 33.0 Å². The van der Waals surface area contributed by atoms with Gasteiger partial charge in [0.2, 0.25) is 0 Å². The molecule has 1 amide bonds. The molecule has 1 aliphatic heterocycles. The highest BCUT2D eigenvalue weighted by Crippen LogP contribution is 2.35. The van der Waals surface area contributed by atoms with Gasteiger partial charge in [0.1, 0.15) is 5.60 Å². The predicted octanol–water partition coefficient (Wildman–Crippen LogP) is 2.26. The summed E-state index contributed by atoms with van der Waals surface area (Å²) in [6.07, 6.45) is 4.96. The first-order valence-corrected chi connectivity index (χ1v) is 8.00. The maximum atomic E-state index is 12.7. The Balaban J connectivity index is 2.29. The van der Waals surface area contributed by atoms with Crippen molar-refractivity contribution >= 4 is 5.91 Å². The van der Waals surface area contributed by atoms with Crippen molar-refractivity contribution in [1.29, 1.82) is 0 Å². The van der Waals surface area contributed by atoms with Crippen LogP contribution < -0.4 is 5.32 Å². The lowest BCUT2D eigenvalue weighted by molar-refractivity contribution is -0.259. The highest BCUT2D eigenvalue weighted by atomic mass is 16.7. The summed E-state index contributed by atoms with van der Waals surface area (Å²) in [6, 6.07) is 0. The minimum Gasteiger partial charge on any atom is -0.363 e. The first-order chi connectivity index (χ1) is 9.73. The Morgan fingerprint density at radius 1 is 1.10 bits per heavy atom. The zero-order valence-electron chi connectivity index (χ0n) is 14.1. The van der Waals surface area contributed by atoms with Crippen LogP contribution in [0, 0.1) is 0 Å². The fraction of sp³-hybridized carbons (Fsp3) is 0.938. The van der Waals surface area contributed by atoms with Crippen LogP contribution in [-0.4, -0.2) is 47.9 Å². The van der Waals surface area contributed by atoms with E-state index in [0.717, 1.165) is 25.7 Å². The number of carbonyl (C=O) groups excluding carboxylic acids is 1. The summed E-state index contributed by atoms with van der Waals surface area (Å²) in [5, 5.41) is 5.04. The number of nitrogens with one attached hydrogen (secondary N) is 1. The van der Waals surface area contributed by atoms with E-state index in [1.165, 1.54) is 6.42 Å². The average molecular weight is 298 g/mol. The molecule has 5 nitrogen and oxygen atoms in total. The van der Waals surface area contributed by atoms with E-state index in [4.69, 9.17) is 9.57 Å². The van der Waals surface area contributed by atoms with E-state index in [0.29, 0.717) is 13.2 Å². The number of hydroxylamine groups is 2. The summed E-state index contributed by atoms with van der Waals surface area (Å²) in [4.78, 5) is 18.3. The quantitative estimate of drug-likeness (QED) is 0.807. The Morgan fingerprint density at radius 3 is 2.29 bits per heavy atom. The van der Waals surface area contributed by atoms with Gasteiger partial charge >= 0.3 is 0 Å². The van der Waals surface area contributed by atoms with Gasteiger partial charge in [-0.1, -0.05) is 19.3 Å².